The second-order valence-corrected chi connectivity index (χ2v) is 7.92. The number of fused-ring (bicyclic) bond motifs is 1. The third-order valence-corrected chi connectivity index (χ3v) is 4.87. The van der Waals surface area contributed by atoms with Gasteiger partial charge in [0.25, 0.3) is 6.01 Å². The molecule has 1 saturated heterocycles. The Morgan fingerprint density at radius 3 is 2.92 bits per heavy atom. The second-order valence-electron chi connectivity index (χ2n) is 7.92. The summed E-state index contributed by atoms with van der Waals surface area (Å²) in [4.78, 5) is 18.0. The number of ether oxygens (including phenoxy) is 1. The van der Waals surface area contributed by atoms with Gasteiger partial charge in [0.05, 0.1) is 25.4 Å². The number of primary amides is 1. The van der Waals surface area contributed by atoms with Crippen molar-refractivity contribution in [3.63, 3.8) is 0 Å². The Hall–Kier alpha value is -2.12. The van der Waals surface area contributed by atoms with Crippen molar-refractivity contribution in [2.75, 3.05) is 25.2 Å². The first-order chi connectivity index (χ1) is 12.3. The number of amides is 1. The molecule has 0 unspecified atom stereocenters. The molecule has 2 atom stereocenters. The lowest BCUT2D eigenvalue weighted by Gasteiger charge is -2.31. The Kier molecular flexibility index (Phi) is 5.48. The summed E-state index contributed by atoms with van der Waals surface area (Å²) in [5.74, 6) is -0.275. The van der Waals surface area contributed by atoms with Crippen LogP contribution in [0.1, 0.15) is 33.6 Å². The molecule has 26 heavy (non-hydrogen) atoms. The molecule has 1 fully saturated rings. The van der Waals surface area contributed by atoms with E-state index in [1.807, 2.05) is 29.2 Å². The normalized spacial score (nSPS) is 19.7. The van der Waals surface area contributed by atoms with Crippen LogP contribution in [0, 0.1) is 5.41 Å². The molecular weight excluding hydrogens is 332 g/mol. The van der Waals surface area contributed by atoms with E-state index >= 15 is 0 Å². The van der Waals surface area contributed by atoms with E-state index in [-0.39, 0.29) is 23.4 Å². The SMILES string of the molecule is CC(C)(C)[C@@H](COCN1CCC[C@H]1C(N)=O)Nc1nc2ccccc2o1. The molecule has 2 heterocycles. The molecule has 0 aliphatic carbocycles. The van der Waals surface area contributed by atoms with Gasteiger partial charge in [-0.05, 0) is 30.4 Å². The molecule has 1 aromatic carbocycles. The highest BCUT2D eigenvalue weighted by atomic mass is 16.5. The molecule has 1 aliphatic heterocycles. The number of hydrogen-bond donors (Lipinski definition) is 2. The lowest BCUT2D eigenvalue weighted by molar-refractivity contribution is -0.124. The van der Waals surface area contributed by atoms with E-state index in [2.05, 4.69) is 31.1 Å². The van der Waals surface area contributed by atoms with Crippen molar-refractivity contribution in [1.82, 2.24) is 9.88 Å². The first kappa shape index (κ1) is 18.7. The molecule has 142 valence electrons. The first-order valence-electron chi connectivity index (χ1n) is 9.08. The quantitative estimate of drug-likeness (QED) is 0.788. The summed E-state index contributed by atoms with van der Waals surface area (Å²) in [6, 6.07) is 7.96. The number of benzene rings is 1. The number of oxazole rings is 1. The first-order valence-corrected chi connectivity index (χ1v) is 9.08. The molecule has 3 N–H and O–H groups in total. The molecule has 3 rings (SSSR count). The Bertz CT molecular complexity index is 720. The number of hydrogen-bond acceptors (Lipinski definition) is 6. The number of likely N-dealkylation sites (tertiary alicyclic amines) is 1. The van der Waals surface area contributed by atoms with E-state index in [4.69, 9.17) is 14.9 Å². The van der Waals surface area contributed by atoms with Crippen LogP contribution in [-0.4, -0.2) is 47.8 Å². The standard InChI is InChI=1S/C19H28N4O3/c1-19(2,3)16(11-25-12-23-10-6-8-14(23)17(20)24)22-18-21-13-7-4-5-9-15(13)26-18/h4-5,7,9,14,16H,6,8,10-12H2,1-3H3,(H2,20,24)(H,21,22)/t14-,16+/m0/s1. The number of nitrogens with zero attached hydrogens (tertiary/aromatic N) is 2. The number of carbonyl (C=O) groups excluding carboxylic acids is 1. The van der Waals surface area contributed by atoms with Crippen LogP contribution in [0.5, 0.6) is 0 Å². The second kappa shape index (κ2) is 7.63. The highest BCUT2D eigenvalue weighted by Gasteiger charge is 2.30. The predicted molar refractivity (Wildman–Crippen MR) is 101 cm³/mol. The van der Waals surface area contributed by atoms with Crippen LogP contribution in [0.4, 0.5) is 6.01 Å². The molecule has 1 aliphatic rings. The zero-order valence-corrected chi connectivity index (χ0v) is 15.7. The summed E-state index contributed by atoms with van der Waals surface area (Å²) < 4.78 is 11.7. The maximum atomic E-state index is 11.5. The number of nitrogens with one attached hydrogen (secondary N) is 1. The number of carbonyl (C=O) groups is 1. The van der Waals surface area contributed by atoms with Gasteiger partial charge in [-0.2, -0.15) is 4.98 Å². The minimum absolute atomic E-state index is 0.00481. The van der Waals surface area contributed by atoms with Crippen LogP contribution >= 0.6 is 0 Å². The van der Waals surface area contributed by atoms with Gasteiger partial charge in [-0.3, -0.25) is 9.69 Å². The Morgan fingerprint density at radius 2 is 2.23 bits per heavy atom. The van der Waals surface area contributed by atoms with Gasteiger partial charge in [-0.1, -0.05) is 32.9 Å². The van der Waals surface area contributed by atoms with E-state index in [0.717, 1.165) is 30.5 Å². The molecular formula is C19H28N4O3. The molecule has 2 aromatic rings. The minimum atomic E-state index is -0.275. The highest BCUT2D eigenvalue weighted by molar-refractivity contribution is 5.80. The lowest BCUT2D eigenvalue weighted by atomic mass is 9.87. The monoisotopic (exact) mass is 360 g/mol. The van der Waals surface area contributed by atoms with Gasteiger partial charge in [-0.15, -0.1) is 0 Å². The fourth-order valence-electron chi connectivity index (χ4n) is 3.18. The maximum Gasteiger partial charge on any atom is 0.296 e. The zero-order chi connectivity index (χ0) is 18.7. The van der Waals surface area contributed by atoms with Crippen LogP contribution in [-0.2, 0) is 9.53 Å². The average Bonchev–Trinajstić information content (AvgIpc) is 3.18. The molecule has 0 bridgehead atoms. The summed E-state index contributed by atoms with van der Waals surface area (Å²) in [5, 5.41) is 3.35. The van der Waals surface area contributed by atoms with Gasteiger partial charge in [-0.25, -0.2) is 0 Å². The van der Waals surface area contributed by atoms with Gasteiger partial charge in [0.1, 0.15) is 5.52 Å². The van der Waals surface area contributed by atoms with Crippen molar-refractivity contribution in [3.05, 3.63) is 24.3 Å². The highest BCUT2D eigenvalue weighted by Crippen LogP contribution is 2.26. The van der Waals surface area contributed by atoms with Crippen LogP contribution in [0.2, 0.25) is 0 Å². The van der Waals surface area contributed by atoms with Crippen molar-refractivity contribution in [2.24, 2.45) is 11.1 Å². The van der Waals surface area contributed by atoms with Crippen LogP contribution < -0.4 is 11.1 Å². The van der Waals surface area contributed by atoms with E-state index in [1.54, 1.807) is 0 Å². The summed E-state index contributed by atoms with van der Waals surface area (Å²) >= 11 is 0. The molecule has 7 heteroatoms. The Labute approximate surface area is 153 Å². The van der Waals surface area contributed by atoms with E-state index < -0.39 is 0 Å². The molecule has 0 saturated carbocycles. The molecule has 1 aromatic heterocycles. The van der Waals surface area contributed by atoms with Crippen LogP contribution in [0.15, 0.2) is 28.7 Å². The molecule has 0 spiro atoms. The number of rotatable bonds is 7. The summed E-state index contributed by atoms with van der Waals surface area (Å²) in [7, 11) is 0. The van der Waals surface area contributed by atoms with E-state index in [0.29, 0.717) is 19.4 Å². The van der Waals surface area contributed by atoms with Crippen molar-refractivity contribution in [1.29, 1.82) is 0 Å². The van der Waals surface area contributed by atoms with Crippen molar-refractivity contribution in [3.8, 4) is 0 Å². The summed E-state index contributed by atoms with van der Waals surface area (Å²) in [5.41, 5.74) is 6.98. The fraction of sp³-hybridized carbons (Fsp3) is 0.579. The maximum absolute atomic E-state index is 11.5. The van der Waals surface area contributed by atoms with Crippen LogP contribution in [0.25, 0.3) is 11.1 Å². The minimum Gasteiger partial charge on any atom is -0.424 e. The Morgan fingerprint density at radius 1 is 1.46 bits per heavy atom. The summed E-state index contributed by atoms with van der Waals surface area (Å²) in [6.07, 6.45) is 1.78. The fourth-order valence-corrected chi connectivity index (χ4v) is 3.18. The van der Waals surface area contributed by atoms with Crippen molar-refractivity contribution in [2.45, 2.75) is 45.7 Å². The lowest BCUT2D eigenvalue weighted by Crippen LogP contribution is -2.43. The number of aromatic nitrogens is 1. The topological polar surface area (TPSA) is 93.6 Å². The number of anilines is 1. The Balaban J connectivity index is 1.60. The molecule has 1 amide bonds. The van der Waals surface area contributed by atoms with E-state index in [1.165, 1.54) is 0 Å². The van der Waals surface area contributed by atoms with Gasteiger partial charge in [0, 0.05) is 6.54 Å². The van der Waals surface area contributed by atoms with Crippen molar-refractivity contribution < 1.29 is 13.9 Å². The third kappa shape index (κ3) is 4.34. The average molecular weight is 360 g/mol. The van der Waals surface area contributed by atoms with Gasteiger partial charge in [0.2, 0.25) is 5.91 Å². The largest absolute Gasteiger partial charge is 0.424 e. The van der Waals surface area contributed by atoms with Crippen LogP contribution in [0.3, 0.4) is 0 Å². The molecule has 0 radical (unpaired) electrons. The predicted octanol–water partition coefficient (Wildman–Crippen LogP) is 2.58. The number of nitrogens with two attached hydrogens (primary N) is 1. The smallest absolute Gasteiger partial charge is 0.296 e. The zero-order valence-electron chi connectivity index (χ0n) is 15.7. The van der Waals surface area contributed by atoms with Crippen molar-refractivity contribution >= 4 is 23.0 Å². The summed E-state index contributed by atoms with van der Waals surface area (Å²) in [6.45, 7) is 8.13. The molecule has 7 nitrogen and oxygen atoms in total. The third-order valence-electron chi connectivity index (χ3n) is 4.87. The van der Waals surface area contributed by atoms with Gasteiger partial charge >= 0.3 is 0 Å². The van der Waals surface area contributed by atoms with Gasteiger partial charge in [0.15, 0.2) is 5.58 Å². The number of para-hydroxylation sites is 2. The van der Waals surface area contributed by atoms with Gasteiger partial charge < -0.3 is 20.2 Å². The van der Waals surface area contributed by atoms with E-state index in [9.17, 15) is 4.79 Å².